The van der Waals surface area contributed by atoms with Crippen LogP contribution in [0.25, 0.3) is 6.08 Å². The van der Waals surface area contributed by atoms with Crippen molar-refractivity contribution in [2.24, 2.45) is 0 Å². The van der Waals surface area contributed by atoms with Gasteiger partial charge in [-0.3, -0.25) is 14.5 Å². The second kappa shape index (κ2) is 11.1. The highest BCUT2D eigenvalue weighted by atomic mass is 32.2. The average molecular weight is 468 g/mol. The number of aryl methyl sites for hydroxylation is 1. The first-order valence-electron chi connectivity index (χ1n) is 10.7. The van der Waals surface area contributed by atoms with E-state index >= 15 is 0 Å². The first kappa shape index (κ1) is 24.5. The van der Waals surface area contributed by atoms with Gasteiger partial charge in [0.25, 0.3) is 11.1 Å². The molecule has 0 atom stereocenters. The number of nitrogens with zero attached hydrogens (tertiary/aromatic N) is 1. The summed E-state index contributed by atoms with van der Waals surface area (Å²) in [6, 6.07) is 11.4. The van der Waals surface area contributed by atoms with Crippen LogP contribution in [-0.4, -0.2) is 42.9 Å². The summed E-state index contributed by atoms with van der Waals surface area (Å²) >= 11 is 0.923. The fourth-order valence-electron chi connectivity index (χ4n) is 3.38. The summed E-state index contributed by atoms with van der Waals surface area (Å²) in [5.41, 5.74) is 2.94. The number of carbonyl (C=O) groups is 2. The maximum absolute atomic E-state index is 12.8. The maximum Gasteiger partial charge on any atom is 0.293 e. The molecule has 1 saturated heterocycles. The lowest BCUT2D eigenvalue weighted by atomic mass is 10.0. The van der Waals surface area contributed by atoms with Gasteiger partial charge in [0.05, 0.1) is 18.6 Å². The van der Waals surface area contributed by atoms with Crippen LogP contribution in [0.15, 0.2) is 54.0 Å². The molecule has 6 nitrogen and oxygen atoms in total. The van der Waals surface area contributed by atoms with E-state index < -0.39 is 0 Å². The Labute approximate surface area is 199 Å². The number of benzene rings is 2. The summed E-state index contributed by atoms with van der Waals surface area (Å²) in [5.74, 6) is 1.89. The molecule has 1 aliphatic heterocycles. The van der Waals surface area contributed by atoms with Crippen molar-refractivity contribution in [2.45, 2.75) is 26.7 Å². The van der Waals surface area contributed by atoms with E-state index in [9.17, 15) is 9.59 Å². The van der Waals surface area contributed by atoms with E-state index in [-0.39, 0.29) is 24.3 Å². The van der Waals surface area contributed by atoms with Crippen LogP contribution < -0.4 is 14.2 Å². The van der Waals surface area contributed by atoms with Gasteiger partial charge in [0.1, 0.15) is 19.0 Å². The van der Waals surface area contributed by atoms with Crippen LogP contribution in [0.2, 0.25) is 0 Å². The minimum Gasteiger partial charge on any atom is -0.493 e. The van der Waals surface area contributed by atoms with Gasteiger partial charge >= 0.3 is 0 Å². The Morgan fingerprint density at radius 1 is 1.06 bits per heavy atom. The topological polar surface area (TPSA) is 65.1 Å². The van der Waals surface area contributed by atoms with E-state index in [1.165, 1.54) is 4.90 Å². The molecule has 1 heterocycles. The second-order valence-corrected chi connectivity index (χ2v) is 8.88. The lowest BCUT2D eigenvalue weighted by Gasteiger charge is -2.17. The zero-order valence-corrected chi connectivity index (χ0v) is 20.2. The van der Waals surface area contributed by atoms with Crippen molar-refractivity contribution >= 4 is 29.0 Å². The molecule has 7 heteroatoms. The third kappa shape index (κ3) is 5.99. The molecular weight excluding hydrogens is 438 g/mol. The van der Waals surface area contributed by atoms with Crippen molar-refractivity contribution in [3.63, 3.8) is 0 Å². The minimum absolute atomic E-state index is 0.186. The number of thioether (sulfide) groups is 1. The zero-order valence-electron chi connectivity index (χ0n) is 19.4. The van der Waals surface area contributed by atoms with Crippen molar-refractivity contribution in [1.29, 1.82) is 0 Å². The quantitative estimate of drug-likeness (QED) is 0.325. The van der Waals surface area contributed by atoms with E-state index in [4.69, 9.17) is 14.2 Å². The molecule has 0 bridgehead atoms. The van der Waals surface area contributed by atoms with Crippen molar-refractivity contribution in [2.75, 3.05) is 26.9 Å². The van der Waals surface area contributed by atoms with Crippen molar-refractivity contribution in [3.8, 4) is 17.2 Å². The highest BCUT2D eigenvalue weighted by Crippen LogP contribution is 2.35. The van der Waals surface area contributed by atoms with Gasteiger partial charge in [-0.05, 0) is 65.6 Å². The van der Waals surface area contributed by atoms with E-state index in [1.54, 1.807) is 31.4 Å². The summed E-state index contributed by atoms with van der Waals surface area (Å²) in [6.07, 6.45) is 3.33. The molecule has 0 N–H and O–H groups in total. The molecule has 3 rings (SSSR count). The number of rotatable bonds is 10. The molecule has 0 unspecified atom stereocenters. The van der Waals surface area contributed by atoms with Gasteiger partial charge in [-0.1, -0.05) is 44.7 Å². The van der Waals surface area contributed by atoms with Gasteiger partial charge < -0.3 is 14.2 Å². The first-order chi connectivity index (χ1) is 15.8. The Morgan fingerprint density at radius 2 is 1.85 bits per heavy atom. The number of hydrogen-bond donors (Lipinski definition) is 0. The van der Waals surface area contributed by atoms with Crippen LogP contribution in [0.1, 0.15) is 36.5 Å². The number of carbonyl (C=O) groups excluding carboxylic acids is 2. The Hall–Kier alpha value is -3.19. The predicted molar refractivity (Wildman–Crippen MR) is 132 cm³/mol. The van der Waals surface area contributed by atoms with Crippen LogP contribution in [0, 0.1) is 6.92 Å². The highest BCUT2D eigenvalue weighted by molar-refractivity contribution is 8.18. The van der Waals surface area contributed by atoms with E-state index in [1.807, 2.05) is 19.1 Å². The van der Waals surface area contributed by atoms with Gasteiger partial charge in [0.15, 0.2) is 11.5 Å². The Balaban J connectivity index is 1.68. The van der Waals surface area contributed by atoms with E-state index in [2.05, 4.69) is 32.6 Å². The molecule has 1 aliphatic rings. The molecule has 0 aromatic heterocycles. The van der Waals surface area contributed by atoms with Gasteiger partial charge in [-0.25, -0.2) is 0 Å². The average Bonchev–Trinajstić information content (AvgIpc) is 3.05. The number of imide groups is 1. The van der Waals surface area contributed by atoms with Crippen molar-refractivity contribution in [3.05, 3.63) is 70.6 Å². The number of amides is 2. The lowest BCUT2D eigenvalue weighted by molar-refractivity contribution is -0.123. The molecule has 0 radical (unpaired) electrons. The molecule has 174 valence electrons. The van der Waals surface area contributed by atoms with Gasteiger partial charge in [-0.2, -0.15) is 0 Å². The molecule has 2 aromatic rings. The van der Waals surface area contributed by atoms with Crippen LogP contribution in [-0.2, 0) is 4.79 Å². The van der Waals surface area contributed by atoms with E-state index in [0.29, 0.717) is 28.9 Å². The van der Waals surface area contributed by atoms with Crippen LogP contribution >= 0.6 is 11.8 Å². The SMILES string of the molecule is C=CCOc1ccc(/C=C2\SC(=O)N(CCOc3cc(C)ccc3C(C)C)C2=O)cc1OC. The van der Waals surface area contributed by atoms with Gasteiger partial charge in [0, 0.05) is 0 Å². The first-order valence-corrected chi connectivity index (χ1v) is 11.6. The molecule has 1 fully saturated rings. The van der Waals surface area contributed by atoms with Crippen LogP contribution in [0.3, 0.4) is 0 Å². The summed E-state index contributed by atoms with van der Waals surface area (Å²) in [6.45, 7) is 10.6. The van der Waals surface area contributed by atoms with Crippen LogP contribution in [0.5, 0.6) is 17.2 Å². The molecule has 0 saturated carbocycles. The second-order valence-electron chi connectivity index (χ2n) is 7.89. The minimum atomic E-state index is -0.326. The summed E-state index contributed by atoms with van der Waals surface area (Å²) in [5, 5.41) is -0.305. The van der Waals surface area contributed by atoms with E-state index in [0.717, 1.165) is 34.2 Å². The van der Waals surface area contributed by atoms with Gasteiger partial charge in [0.2, 0.25) is 0 Å². The fraction of sp³-hybridized carbons (Fsp3) is 0.308. The zero-order chi connectivity index (χ0) is 24.0. The Morgan fingerprint density at radius 3 is 2.55 bits per heavy atom. The number of ether oxygens (including phenoxy) is 3. The lowest BCUT2D eigenvalue weighted by Crippen LogP contribution is -2.32. The van der Waals surface area contributed by atoms with Crippen LogP contribution in [0.4, 0.5) is 4.79 Å². The summed E-state index contributed by atoms with van der Waals surface area (Å²) in [7, 11) is 1.55. The number of hydrogen-bond acceptors (Lipinski definition) is 6. The smallest absolute Gasteiger partial charge is 0.293 e. The molecule has 2 amide bonds. The molecular formula is C26H29NO5S. The maximum atomic E-state index is 12.8. The standard InChI is InChI=1S/C26H29NO5S/c1-6-12-31-21-10-8-19(15-23(21)30-5)16-24-25(28)27(26(29)33-24)11-13-32-22-14-18(4)7-9-20(22)17(2)3/h6-10,14-17H,1,11-13H2,2-5H3/b24-16-. The Kier molecular flexibility index (Phi) is 8.22. The normalized spacial score (nSPS) is 14.8. The third-order valence-electron chi connectivity index (χ3n) is 5.08. The monoisotopic (exact) mass is 467 g/mol. The fourth-order valence-corrected chi connectivity index (χ4v) is 4.24. The van der Waals surface area contributed by atoms with Crippen molar-refractivity contribution < 1.29 is 23.8 Å². The molecule has 33 heavy (non-hydrogen) atoms. The molecule has 2 aromatic carbocycles. The number of methoxy groups -OCH3 is 1. The molecule has 0 spiro atoms. The predicted octanol–water partition coefficient (Wildman–Crippen LogP) is 5.81. The van der Waals surface area contributed by atoms with Gasteiger partial charge in [-0.15, -0.1) is 0 Å². The largest absolute Gasteiger partial charge is 0.493 e. The molecule has 0 aliphatic carbocycles. The third-order valence-corrected chi connectivity index (χ3v) is 5.99. The summed E-state index contributed by atoms with van der Waals surface area (Å²) in [4.78, 5) is 26.9. The highest BCUT2D eigenvalue weighted by Gasteiger charge is 2.34. The summed E-state index contributed by atoms with van der Waals surface area (Å²) < 4.78 is 16.9. The Bertz CT molecular complexity index is 1080. The van der Waals surface area contributed by atoms with Crippen molar-refractivity contribution in [1.82, 2.24) is 4.90 Å².